The van der Waals surface area contributed by atoms with E-state index in [1.165, 1.54) is 4.31 Å². The lowest BCUT2D eigenvalue weighted by atomic mass is 10.1. The maximum atomic E-state index is 12.6. The van der Waals surface area contributed by atoms with Crippen LogP contribution in [0, 0.1) is 0 Å². The fraction of sp³-hybridized carbons (Fsp3) is 0.333. The summed E-state index contributed by atoms with van der Waals surface area (Å²) in [5, 5.41) is 3.76. The molecule has 0 radical (unpaired) electrons. The molecule has 122 valence electrons. The van der Waals surface area contributed by atoms with Gasteiger partial charge < -0.3 is 5.32 Å². The Hall–Kier alpha value is -1.70. The van der Waals surface area contributed by atoms with Crippen LogP contribution in [0.5, 0.6) is 0 Å². The van der Waals surface area contributed by atoms with Crippen molar-refractivity contribution in [2.45, 2.75) is 23.8 Å². The maximum absolute atomic E-state index is 12.6. The number of aromatic nitrogens is 2. The Morgan fingerprint density at radius 3 is 2.30 bits per heavy atom. The minimum absolute atomic E-state index is 0.175. The second-order valence-electron chi connectivity index (χ2n) is 5.35. The van der Waals surface area contributed by atoms with Crippen molar-refractivity contribution in [3.63, 3.8) is 0 Å². The molecule has 1 aromatic carbocycles. The van der Waals surface area contributed by atoms with E-state index in [1.54, 1.807) is 42.7 Å². The van der Waals surface area contributed by atoms with Gasteiger partial charge in [0, 0.05) is 36.5 Å². The Kier molecular flexibility index (Phi) is 4.79. The summed E-state index contributed by atoms with van der Waals surface area (Å²) in [4.78, 5) is 8.54. The van der Waals surface area contributed by atoms with Crippen molar-refractivity contribution in [2.75, 3.05) is 18.4 Å². The summed E-state index contributed by atoms with van der Waals surface area (Å²) in [5.74, 6) is 0.575. The highest BCUT2D eigenvalue weighted by Crippen LogP contribution is 2.23. The number of nitrogens with one attached hydrogen (secondary N) is 1. The van der Waals surface area contributed by atoms with Crippen molar-refractivity contribution in [1.82, 2.24) is 14.3 Å². The quantitative estimate of drug-likeness (QED) is 0.914. The Labute approximate surface area is 140 Å². The first-order valence-corrected chi connectivity index (χ1v) is 9.17. The molecule has 1 fully saturated rings. The van der Waals surface area contributed by atoms with Gasteiger partial charge in [-0.3, -0.25) is 0 Å². The van der Waals surface area contributed by atoms with Crippen molar-refractivity contribution in [3.8, 4) is 0 Å². The molecule has 3 rings (SSSR count). The summed E-state index contributed by atoms with van der Waals surface area (Å²) in [6.07, 6.45) is 4.78. The summed E-state index contributed by atoms with van der Waals surface area (Å²) in [6.45, 7) is 0.935. The lowest BCUT2D eigenvalue weighted by Gasteiger charge is -2.31. The largest absolute Gasteiger partial charge is 0.351 e. The second kappa shape index (κ2) is 6.82. The Balaban J connectivity index is 1.63. The Bertz CT molecular complexity index is 745. The lowest BCUT2D eigenvalue weighted by molar-refractivity contribution is 0.329. The van der Waals surface area contributed by atoms with E-state index in [-0.39, 0.29) is 10.9 Å². The van der Waals surface area contributed by atoms with Crippen LogP contribution in [0.4, 0.5) is 5.95 Å². The van der Waals surface area contributed by atoms with Crippen molar-refractivity contribution >= 4 is 27.6 Å². The molecule has 1 aromatic heterocycles. The van der Waals surface area contributed by atoms with E-state index < -0.39 is 10.0 Å². The number of benzene rings is 1. The smallest absolute Gasteiger partial charge is 0.243 e. The number of halogens is 1. The third-order valence-electron chi connectivity index (χ3n) is 3.80. The number of piperidine rings is 1. The van der Waals surface area contributed by atoms with Gasteiger partial charge in [-0.1, -0.05) is 11.6 Å². The summed E-state index contributed by atoms with van der Waals surface area (Å²) >= 11 is 5.82. The van der Waals surface area contributed by atoms with Crippen LogP contribution < -0.4 is 5.32 Å². The minimum Gasteiger partial charge on any atom is -0.351 e. The van der Waals surface area contributed by atoms with Crippen LogP contribution in [0.1, 0.15) is 12.8 Å². The van der Waals surface area contributed by atoms with Gasteiger partial charge in [0.2, 0.25) is 16.0 Å². The van der Waals surface area contributed by atoms with E-state index in [2.05, 4.69) is 15.3 Å². The standard InChI is InChI=1S/C15H17ClN4O2S/c16-12-2-4-14(5-3-12)23(21,22)20-10-6-13(7-11-20)19-15-17-8-1-9-18-15/h1-5,8-9,13H,6-7,10-11H2,(H,17,18,19). The predicted octanol–water partition coefficient (Wildman–Crippen LogP) is 2.40. The molecule has 0 saturated carbocycles. The first kappa shape index (κ1) is 16.2. The van der Waals surface area contributed by atoms with E-state index in [9.17, 15) is 8.42 Å². The topological polar surface area (TPSA) is 75.2 Å². The molecule has 1 N–H and O–H groups in total. The fourth-order valence-corrected chi connectivity index (χ4v) is 4.15. The van der Waals surface area contributed by atoms with Crippen molar-refractivity contribution in [3.05, 3.63) is 47.7 Å². The monoisotopic (exact) mass is 352 g/mol. The van der Waals surface area contributed by atoms with Gasteiger partial charge in [-0.05, 0) is 43.2 Å². The van der Waals surface area contributed by atoms with Gasteiger partial charge in [-0.15, -0.1) is 0 Å². The van der Waals surface area contributed by atoms with Crippen LogP contribution in [-0.2, 0) is 10.0 Å². The molecule has 0 amide bonds. The zero-order valence-electron chi connectivity index (χ0n) is 12.4. The molecule has 2 aromatic rings. The highest BCUT2D eigenvalue weighted by atomic mass is 35.5. The average molecular weight is 353 g/mol. The predicted molar refractivity (Wildman–Crippen MR) is 88.9 cm³/mol. The Morgan fingerprint density at radius 1 is 1.09 bits per heavy atom. The fourth-order valence-electron chi connectivity index (χ4n) is 2.55. The molecular formula is C15H17ClN4O2S. The number of hydrogen-bond donors (Lipinski definition) is 1. The van der Waals surface area contributed by atoms with Gasteiger partial charge >= 0.3 is 0 Å². The number of nitrogens with zero attached hydrogens (tertiary/aromatic N) is 3. The van der Waals surface area contributed by atoms with Crippen LogP contribution in [0.15, 0.2) is 47.6 Å². The molecule has 23 heavy (non-hydrogen) atoms. The number of sulfonamides is 1. The Morgan fingerprint density at radius 2 is 1.70 bits per heavy atom. The molecule has 1 aliphatic rings. The van der Waals surface area contributed by atoms with Crippen LogP contribution in [0.25, 0.3) is 0 Å². The molecule has 0 atom stereocenters. The summed E-state index contributed by atoms with van der Waals surface area (Å²) < 4.78 is 26.7. The molecule has 8 heteroatoms. The van der Waals surface area contributed by atoms with Crippen LogP contribution in [0.3, 0.4) is 0 Å². The normalized spacial score (nSPS) is 17.1. The van der Waals surface area contributed by atoms with E-state index in [0.29, 0.717) is 36.9 Å². The van der Waals surface area contributed by atoms with Crippen LogP contribution >= 0.6 is 11.6 Å². The third-order valence-corrected chi connectivity index (χ3v) is 5.97. The molecule has 1 aliphatic heterocycles. The summed E-state index contributed by atoms with van der Waals surface area (Å²) in [5.41, 5.74) is 0. The van der Waals surface area contributed by atoms with E-state index >= 15 is 0 Å². The highest BCUT2D eigenvalue weighted by molar-refractivity contribution is 7.89. The molecule has 0 spiro atoms. The first-order chi connectivity index (χ1) is 11.1. The zero-order valence-corrected chi connectivity index (χ0v) is 14.0. The van der Waals surface area contributed by atoms with Gasteiger partial charge in [-0.2, -0.15) is 4.31 Å². The van der Waals surface area contributed by atoms with Gasteiger partial charge in [0.1, 0.15) is 0 Å². The number of rotatable bonds is 4. The lowest BCUT2D eigenvalue weighted by Crippen LogP contribution is -2.42. The molecule has 2 heterocycles. The maximum Gasteiger partial charge on any atom is 0.243 e. The van der Waals surface area contributed by atoms with Gasteiger partial charge in [0.15, 0.2) is 0 Å². The first-order valence-electron chi connectivity index (χ1n) is 7.35. The van der Waals surface area contributed by atoms with Crippen LogP contribution in [0.2, 0.25) is 5.02 Å². The molecule has 0 bridgehead atoms. The van der Waals surface area contributed by atoms with E-state index in [1.807, 2.05) is 0 Å². The molecule has 0 unspecified atom stereocenters. The van der Waals surface area contributed by atoms with Gasteiger partial charge in [-0.25, -0.2) is 18.4 Å². The van der Waals surface area contributed by atoms with Crippen LogP contribution in [-0.4, -0.2) is 41.8 Å². The number of hydrogen-bond acceptors (Lipinski definition) is 5. The van der Waals surface area contributed by atoms with E-state index in [4.69, 9.17) is 11.6 Å². The zero-order chi connectivity index (χ0) is 16.3. The molecule has 6 nitrogen and oxygen atoms in total. The van der Waals surface area contributed by atoms with E-state index in [0.717, 1.165) is 0 Å². The van der Waals surface area contributed by atoms with Crippen molar-refractivity contribution < 1.29 is 8.42 Å². The number of anilines is 1. The highest BCUT2D eigenvalue weighted by Gasteiger charge is 2.29. The minimum atomic E-state index is -3.46. The molecule has 0 aliphatic carbocycles. The van der Waals surface area contributed by atoms with Gasteiger partial charge in [0.25, 0.3) is 0 Å². The SMILES string of the molecule is O=S(=O)(c1ccc(Cl)cc1)N1CCC(Nc2ncccn2)CC1. The average Bonchev–Trinajstić information content (AvgIpc) is 2.57. The third kappa shape index (κ3) is 3.80. The second-order valence-corrected chi connectivity index (χ2v) is 7.72. The van der Waals surface area contributed by atoms with Crippen molar-refractivity contribution in [1.29, 1.82) is 0 Å². The summed E-state index contributed by atoms with van der Waals surface area (Å²) in [6, 6.07) is 8.20. The summed E-state index contributed by atoms with van der Waals surface area (Å²) in [7, 11) is -3.46. The van der Waals surface area contributed by atoms with Gasteiger partial charge in [0.05, 0.1) is 4.90 Å². The molecule has 1 saturated heterocycles. The van der Waals surface area contributed by atoms with Crippen molar-refractivity contribution in [2.24, 2.45) is 0 Å². The molecular weight excluding hydrogens is 336 g/mol.